The molecule has 22 heavy (non-hydrogen) atoms. The van der Waals surface area contributed by atoms with Crippen molar-refractivity contribution in [3.63, 3.8) is 0 Å². The molecule has 1 saturated heterocycles. The molecule has 5 heteroatoms. The van der Waals surface area contributed by atoms with Gasteiger partial charge in [-0.05, 0) is 30.5 Å². The van der Waals surface area contributed by atoms with Crippen LogP contribution in [0.1, 0.15) is 43.6 Å². The predicted molar refractivity (Wildman–Crippen MR) is 80.8 cm³/mol. The van der Waals surface area contributed by atoms with E-state index in [0.717, 1.165) is 43.4 Å². The lowest BCUT2D eigenvalue weighted by molar-refractivity contribution is -0.145. The van der Waals surface area contributed by atoms with Gasteiger partial charge in [0.05, 0.1) is 7.11 Å². The molecule has 118 valence electrons. The predicted octanol–water partition coefficient (Wildman–Crippen LogP) is 2.31. The van der Waals surface area contributed by atoms with Crippen LogP contribution < -0.4 is 10.1 Å². The van der Waals surface area contributed by atoms with E-state index >= 15 is 0 Å². The van der Waals surface area contributed by atoms with Crippen LogP contribution in [0.3, 0.4) is 0 Å². The Morgan fingerprint density at radius 1 is 1.23 bits per heavy atom. The van der Waals surface area contributed by atoms with E-state index in [1.54, 1.807) is 7.11 Å². The van der Waals surface area contributed by atoms with Gasteiger partial charge in [-0.1, -0.05) is 31.4 Å². The van der Waals surface area contributed by atoms with Crippen LogP contribution in [0.15, 0.2) is 24.3 Å². The minimum Gasteiger partial charge on any atom is -0.497 e. The summed E-state index contributed by atoms with van der Waals surface area (Å²) in [6.45, 7) is 0. The highest BCUT2D eigenvalue weighted by Gasteiger charge is 2.56. The number of carboxylic acid groups (broad SMARTS) is 1. The molecule has 1 aliphatic heterocycles. The second-order valence-corrected chi connectivity index (χ2v) is 6.27. The van der Waals surface area contributed by atoms with E-state index in [4.69, 9.17) is 4.74 Å². The average molecular weight is 303 g/mol. The molecule has 0 radical (unpaired) electrons. The summed E-state index contributed by atoms with van der Waals surface area (Å²) in [5.74, 6) is -1.99. The van der Waals surface area contributed by atoms with Gasteiger partial charge in [0, 0.05) is 11.5 Å². The highest BCUT2D eigenvalue weighted by atomic mass is 16.5. The fourth-order valence-corrected chi connectivity index (χ4v) is 4.07. The maximum absolute atomic E-state index is 12.3. The molecule has 3 rings (SSSR count). The van der Waals surface area contributed by atoms with Gasteiger partial charge in [0.15, 0.2) is 0 Å². The van der Waals surface area contributed by atoms with E-state index in [1.165, 1.54) is 0 Å². The third-order valence-corrected chi connectivity index (χ3v) is 5.07. The molecule has 1 aliphatic carbocycles. The lowest BCUT2D eigenvalue weighted by Gasteiger charge is -2.39. The number of ether oxygens (including phenoxy) is 1. The summed E-state index contributed by atoms with van der Waals surface area (Å²) in [6, 6.07) is 7.42. The van der Waals surface area contributed by atoms with Crippen molar-refractivity contribution >= 4 is 11.9 Å². The monoisotopic (exact) mass is 303 g/mol. The molecule has 1 unspecified atom stereocenters. The number of hydrogen-bond donors (Lipinski definition) is 2. The SMILES string of the molecule is COc1ccc(C2[C@H](C(=O)O)C(=O)NC23CCCCC3)cc1. The fourth-order valence-electron chi connectivity index (χ4n) is 4.07. The number of methoxy groups -OCH3 is 1. The Morgan fingerprint density at radius 3 is 2.41 bits per heavy atom. The zero-order valence-electron chi connectivity index (χ0n) is 12.7. The Bertz CT molecular complexity index is 575. The van der Waals surface area contributed by atoms with Gasteiger partial charge in [-0.2, -0.15) is 0 Å². The van der Waals surface area contributed by atoms with Crippen LogP contribution in [-0.2, 0) is 9.59 Å². The minimum atomic E-state index is -1.04. The maximum Gasteiger partial charge on any atom is 0.316 e. The van der Waals surface area contributed by atoms with E-state index in [1.807, 2.05) is 24.3 Å². The van der Waals surface area contributed by atoms with Crippen molar-refractivity contribution in [3.8, 4) is 5.75 Å². The summed E-state index contributed by atoms with van der Waals surface area (Å²) in [6.07, 6.45) is 4.89. The molecule has 2 atom stereocenters. The third-order valence-electron chi connectivity index (χ3n) is 5.07. The van der Waals surface area contributed by atoms with Gasteiger partial charge in [0.25, 0.3) is 0 Å². The van der Waals surface area contributed by atoms with E-state index in [0.29, 0.717) is 0 Å². The number of hydrogen-bond acceptors (Lipinski definition) is 3. The van der Waals surface area contributed by atoms with Crippen LogP contribution in [0.5, 0.6) is 5.75 Å². The van der Waals surface area contributed by atoms with Crippen LogP contribution in [0.2, 0.25) is 0 Å². The number of benzene rings is 1. The highest BCUT2D eigenvalue weighted by molar-refractivity contribution is 6.01. The first kappa shape index (κ1) is 14.9. The lowest BCUT2D eigenvalue weighted by atomic mass is 9.68. The van der Waals surface area contributed by atoms with Gasteiger partial charge in [0.1, 0.15) is 11.7 Å². The Balaban J connectivity index is 2.03. The van der Waals surface area contributed by atoms with Crippen molar-refractivity contribution in [1.82, 2.24) is 5.32 Å². The molecule has 2 fully saturated rings. The van der Waals surface area contributed by atoms with Gasteiger partial charge < -0.3 is 15.2 Å². The Labute approximate surface area is 129 Å². The van der Waals surface area contributed by atoms with Crippen molar-refractivity contribution in [2.45, 2.75) is 43.6 Å². The molecule has 0 bridgehead atoms. The standard InChI is InChI=1S/C17H21NO4/c1-22-12-7-5-11(6-8-12)14-13(16(20)21)15(19)18-17(14)9-3-2-4-10-17/h5-8,13-14H,2-4,9-10H2,1H3,(H,18,19)(H,20,21)/t13-,14?/m0/s1. The first-order valence-corrected chi connectivity index (χ1v) is 7.76. The molecule has 1 amide bonds. The average Bonchev–Trinajstić information content (AvgIpc) is 2.80. The Kier molecular flexibility index (Phi) is 3.81. The Morgan fingerprint density at radius 2 is 1.86 bits per heavy atom. The first-order chi connectivity index (χ1) is 10.6. The van der Waals surface area contributed by atoms with Gasteiger partial charge in [0.2, 0.25) is 5.91 Å². The zero-order chi connectivity index (χ0) is 15.7. The van der Waals surface area contributed by atoms with Crippen molar-refractivity contribution in [2.24, 2.45) is 5.92 Å². The van der Waals surface area contributed by atoms with Crippen molar-refractivity contribution in [2.75, 3.05) is 7.11 Å². The Hall–Kier alpha value is -2.04. The molecule has 1 saturated carbocycles. The normalized spacial score (nSPS) is 26.7. The summed E-state index contributed by atoms with van der Waals surface area (Å²) >= 11 is 0. The molecule has 1 aromatic carbocycles. The van der Waals surface area contributed by atoms with Gasteiger partial charge in [-0.3, -0.25) is 9.59 Å². The van der Waals surface area contributed by atoms with Crippen molar-refractivity contribution in [3.05, 3.63) is 29.8 Å². The summed E-state index contributed by atoms with van der Waals surface area (Å²) in [7, 11) is 1.60. The number of nitrogens with one attached hydrogen (secondary N) is 1. The summed E-state index contributed by atoms with van der Waals surface area (Å²) in [5, 5.41) is 12.6. The van der Waals surface area contributed by atoms with Crippen LogP contribution in [0.25, 0.3) is 0 Å². The van der Waals surface area contributed by atoms with E-state index in [9.17, 15) is 14.7 Å². The van der Waals surface area contributed by atoms with E-state index in [2.05, 4.69) is 5.32 Å². The first-order valence-electron chi connectivity index (χ1n) is 7.76. The number of aliphatic carboxylic acids is 1. The minimum absolute atomic E-state index is 0.316. The summed E-state index contributed by atoms with van der Waals surface area (Å²) in [5.41, 5.74) is 0.487. The molecular weight excluding hydrogens is 282 g/mol. The highest BCUT2D eigenvalue weighted by Crippen LogP contribution is 2.48. The summed E-state index contributed by atoms with van der Waals surface area (Å²) < 4.78 is 5.17. The third kappa shape index (κ3) is 2.34. The molecule has 1 spiro atoms. The van der Waals surface area contributed by atoms with Crippen LogP contribution in [0, 0.1) is 5.92 Å². The second kappa shape index (κ2) is 5.63. The second-order valence-electron chi connectivity index (χ2n) is 6.27. The summed E-state index contributed by atoms with van der Waals surface area (Å²) in [4.78, 5) is 23.9. The smallest absolute Gasteiger partial charge is 0.316 e. The number of carbonyl (C=O) groups excluding carboxylic acids is 1. The molecular formula is C17H21NO4. The maximum atomic E-state index is 12.3. The van der Waals surface area contributed by atoms with Crippen molar-refractivity contribution in [1.29, 1.82) is 0 Å². The molecule has 1 aromatic rings. The zero-order valence-corrected chi connectivity index (χ0v) is 12.7. The van der Waals surface area contributed by atoms with Crippen LogP contribution in [-0.4, -0.2) is 29.6 Å². The van der Waals surface area contributed by atoms with E-state index < -0.39 is 17.4 Å². The quantitative estimate of drug-likeness (QED) is 0.840. The lowest BCUT2D eigenvalue weighted by Crippen LogP contribution is -2.46. The van der Waals surface area contributed by atoms with Gasteiger partial charge >= 0.3 is 5.97 Å². The molecule has 5 nitrogen and oxygen atoms in total. The molecule has 0 aromatic heterocycles. The van der Waals surface area contributed by atoms with Crippen molar-refractivity contribution < 1.29 is 19.4 Å². The number of carbonyl (C=O) groups is 2. The topological polar surface area (TPSA) is 75.6 Å². The molecule has 2 N–H and O–H groups in total. The largest absolute Gasteiger partial charge is 0.497 e. The molecule has 2 aliphatic rings. The van der Waals surface area contributed by atoms with Gasteiger partial charge in [-0.25, -0.2) is 0 Å². The van der Waals surface area contributed by atoms with Gasteiger partial charge in [-0.15, -0.1) is 0 Å². The number of amides is 1. The van der Waals surface area contributed by atoms with Crippen LogP contribution >= 0.6 is 0 Å². The number of carboxylic acids is 1. The molecule has 1 heterocycles. The van der Waals surface area contributed by atoms with Crippen LogP contribution in [0.4, 0.5) is 0 Å². The fraction of sp³-hybridized carbons (Fsp3) is 0.529. The number of rotatable bonds is 3. The van der Waals surface area contributed by atoms with E-state index in [-0.39, 0.29) is 11.8 Å².